The Bertz CT molecular complexity index is 1550. The van der Waals surface area contributed by atoms with Crippen molar-refractivity contribution in [3.8, 4) is 16.9 Å². The molecule has 0 saturated heterocycles. The largest absolute Gasteiger partial charge is 0.465 e. The summed E-state index contributed by atoms with van der Waals surface area (Å²) in [6.07, 6.45) is -2.49. The van der Waals surface area contributed by atoms with E-state index in [9.17, 15) is 36.2 Å². The van der Waals surface area contributed by atoms with Crippen LogP contribution in [0.25, 0.3) is 11.1 Å². The lowest BCUT2D eigenvalue weighted by Crippen LogP contribution is -2.65. The van der Waals surface area contributed by atoms with Gasteiger partial charge in [-0.2, -0.15) is 26.9 Å². The highest BCUT2D eigenvalue weighted by Crippen LogP contribution is 2.64. The van der Waals surface area contributed by atoms with E-state index in [1.807, 2.05) is 0 Å². The number of anilines is 1. The van der Waals surface area contributed by atoms with Crippen LogP contribution < -0.4 is 9.64 Å². The Balaban J connectivity index is 1.35. The van der Waals surface area contributed by atoms with Gasteiger partial charge in [-0.25, -0.2) is 14.2 Å². The molecular weight excluding hydrogens is 606 g/mol. The molecule has 4 fully saturated rings. The van der Waals surface area contributed by atoms with E-state index >= 15 is 0 Å². The summed E-state index contributed by atoms with van der Waals surface area (Å²) in [4.78, 5) is 22.3. The number of carboxylic acid groups (broad SMARTS) is 1. The van der Waals surface area contributed by atoms with Crippen molar-refractivity contribution in [1.29, 1.82) is 0 Å². The molecule has 1 unspecified atom stereocenters. The molecule has 1 aromatic carbocycles. The molecule has 1 atom stereocenters. The lowest BCUT2D eigenvalue weighted by atomic mass is 9.48. The number of fused-ring (bicyclic) bond motifs is 3. The summed E-state index contributed by atoms with van der Waals surface area (Å²) in [7, 11) is 0. The van der Waals surface area contributed by atoms with Crippen LogP contribution in [0, 0.1) is 10.8 Å². The van der Waals surface area contributed by atoms with Gasteiger partial charge in [0.25, 0.3) is 5.89 Å². The predicted octanol–water partition coefficient (Wildman–Crippen LogP) is 8.43. The molecule has 8 nitrogen and oxygen atoms in total. The number of nitrogens with zero attached hydrogens (tertiary/aromatic N) is 4. The molecule has 1 amide bonds. The molecule has 0 spiro atoms. The Morgan fingerprint density at radius 3 is 2.13 bits per heavy atom. The first-order valence-electron chi connectivity index (χ1n) is 14.7. The van der Waals surface area contributed by atoms with Crippen LogP contribution in [0.4, 0.5) is 37.0 Å². The fourth-order valence-electron chi connectivity index (χ4n) is 7.32. The summed E-state index contributed by atoms with van der Waals surface area (Å²) in [5.41, 5.74) is -4.82. The first kappa shape index (κ1) is 31.2. The maximum absolute atomic E-state index is 14.9. The van der Waals surface area contributed by atoms with E-state index in [-0.39, 0.29) is 36.7 Å². The van der Waals surface area contributed by atoms with Crippen LogP contribution in [0.1, 0.15) is 76.9 Å². The SMILES string of the molecule is CC(C)(C(N(C(=O)O)c1cc(-c2ccc(OC(F)F)cc2)ccn1)C12CCC(c3noc(C4(F)CC4)n3)(CC1)CC2)C(F)(F)F. The van der Waals surface area contributed by atoms with Crippen LogP contribution in [0.2, 0.25) is 0 Å². The summed E-state index contributed by atoms with van der Waals surface area (Å²) < 4.78 is 94.0. The van der Waals surface area contributed by atoms with Crippen molar-refractivity contribution in [2.45, 2.75) is 95.1 Å². The number of rotatable bonds is 9. The first-order chi connectivity index (χ1) is 21.1. The smallest absolute Gasteiger partial charge is 0.413 e. The van der Waals surface area contributed by atoms with Gasteiger partial charge in [-0.05, 0) is 106 Å². The van der Waals surface area contributed by atoms with Crippen molar-refractivity contribution in [3.63, 3.8) is 0 Å². The van der Waals surface area contributed by atoms with Gasteiger partial charge in [0.1, 0.15) is 11.6 Å². The lowest BCUT2D eigenvalue weighted by molar-refractivity contribution is -0.233. The second-order valence-electron chi connectivity index (χ2n) is 13.1. The Kier molecular flexibility index (Phi) is 7.35. The summed E-state index contributed by atoms with van der Waals surface area (Å²) in [6, 6.07) is 6.97. The van der Waals surface area contributed by atoms with Crippen molar-refractivity contribution < 1.29 is 45.5 Å². The van der Waals surface area contributed by atoms with E-state index in [0.29, 0.717) is 49.1 Å². The third kappa shape index (κ3) is 5.39. The van der Waals surface area contributed by atoms with Gasteiger partial charge in [0.2, 0.25) is 0 Å². The van der Waals surface area contributed by atoms with Crippen molar-refractivity contribution >= 4 is 11.9 Å². The quantitative estimate of drug-likeness (QED) is 0.235. The molecule has 7 rings (SSSR count). The molecule has 242 valence electrons. The zero-order chi connectivity index (χ0) is 32.4. The van der Waals surface area contributed by atoms with Crippen LogP contribution in [0.3, 0.4) is 0 Å². The minimum absolute atomic E-state index is 0.0652. The summed E-state index contributed by atoms with van der Waals surface area (Å²) in [6.45, 7) is -0.974. The Morgan fingerprint density at radius 2 is 1.60 bits per heavy atom. The highest BCUT2D eigenvalue weighted by Gasteiger charge is 2.65. The number of carbonyl (C=O) groups is 1. The van der Waals surface area contributed by atoms with E-state index < -0.39 is 46.8 Å². The number of pyridine rings is 1. The number of aromatic nitrogens is 3. The van der Waals surface area contributed by atoms with Crippen molar-refractivity contribution in [2.75, 3.05) is 4.90 Å². The fraction of sp³-hybridized carbons (Fsp3) is 0.548. The molecule has 3 aromatic rings. The van der Waals surface area contributed by atoms with Crippen LogP contribution in [-0.4, -0.2) is 45.2 Å². The molecule has 4 aliphatic carbocycles. The van der Waals surface area contributed by atoms with Gasteiger partial charge < -0.3 is 14.4 Å². The van der Waals surface area contributed by atoms with E-state index in [1.54, 1.807) is 6.07 Å². The van der Waals surface area contributed by atoms with Crippen molar-refractivity contribution in [2.24, 2.45) is 10.8 Å². The van der Waals surface area contributed by atoms with Gasteiger partial charge in [0.05, 0.1) is 11.5 Å². The maximum Gasteiger partial charge on any atom is 0.413 e. The van der Waals surface area contributed by atoms with E-state index in [4.69, 9.17) is 4.52 Å². The van der Waals surface area contributed by atoms with Crippen LogP contribution in [0.5, 0.6) is 5.75 Å². The fourth-order valence-corrected chi connectivity index (χ4v) is 7.32. The number of alkyl halides is 6. The highest BCUT2D eigenvalue weighted by molar-refractivity contribution is 5.87. The van der Waals surface area contributed by atoms with Crippen LogP contribution in [0.15, 0.2) is 47.1 Å². The lowest BCUT2D eigenvalue weighted by Gasteiger charge is -2.60. The average molecular weight is 639 g/mol. The van der Waals surface area contributed by atoms with Gasteiger partial charge >= 0.3 is 18.9 Å². The molecule has 2 heterocycles. The van der Waals surface area contributed by atoms with Gasteiger partial charge in [-0.15, -0.1) is 0 Å². The van der Waals surface area contributed by atoms with E-state index in [1.165, 1.54) is 36.5 Å². The van der Waals surface area contributed by atoms with Crippen molar-refractivity contribution in [3.05, 3.63) is 54.3 Å². The normalized spacial score (nSPS) is 24.8. The van der Waals surface area contributed by atoms with Crippen LogP contribution in [-0.2, 0) is 11.1 Å². The maximum atomic E-state index is 14.9. The van der Waals surface area contributed by atoms with Gasteiger partial charge in [0, 0.05) is 11.6 Å². The molecule has 2 bridgehead atoms. The molecule has 1 N–H and O–H groups in total. The number of hydrogen-bond donors (Lipinski definition) is 1. The molecule has 0 aliphatic heterocycles. The van der Waals surface area contributed by atoms with Crippen LogP contribution >= 0.6 is 0 Å². The minimum atomic E-state index is -4.77. The summed E-state index contributed by atoms with van der Waals surface area (Å²) in [5, 5.41) is 14.6. The Labute approximate surface area is 254 Å². The Morgan fingerprint density at radius 1 is 0.978 bits per heavy atom. The molecule has 4 aliphatic rings. The number of benzene rings is 1. The molecule has 14 heteroatoms. The summed E-state index contributed by atoms with van der Waals surface area (Å²) >= 11 is 0. The molecule has 45 heavy (non-hydrogen) atoms. The number of halogens is 6. The number of hydrogen-bond acceptors (Lipinski definition) is 6. The van der Waals surface area contributed by atoms with Gasteiger partial charge in [-0.1, -0.05) is 17.3 Å². The zero-order valence-corrected chi connectivity index (χ0v) is 24.6. The molecule has 4 saturated carbocycles. The topological polar surface area (TPSA) is 102 Å². The second-order valence-corrected chi connectivity index (χ2v) is 13.1. The second kappa shape index (κ2) is 10.6. The third-order valence-corrected chi connectivity index (χ3v) is 10.1. The third-order valence-electron chi connectivity index (χ3n) is 10.1. The van der Waals surface area contributed by atoms with Gasteiger partial charge in [-0.3, -0.25) is 4.90 Å². The summed E-state index contributed by atoms with van der Waals surface area (Å²) in [5.74, 6) is 0.0218. The number of ether oxygens (including phenoxy) is 1. The number of amides is 1. The average Bonchev–Trinajstić information content (AvgIpc) is 3.53. The molecule has 0 radical (unpaired) electrons. The molecular formula is C31H32F6N4O4. The van der Waals surface area contributed by atoms with Gasteiger partial charge in [0.15, 0.2) is 11.5 Å². The van der Waals surface area contributed by atoms with Crippen molar-refractivity contribution in [1.82, 2.24) is 15.1 Å². The highest BCUT2D eigenvalue weighted by atomic mass is 19.4. The minimum Gasteiger partial charge on any atom is -0.465 e. The zero-order valence-electron chi connectivity index (χ0n) is 24.6. The molecule has 2 aromatic heterocycles. The predicted molar refractivity (Wildman–Crippen MR) is 149 cm³/mol. The standard InChI is InChI=1S/C31H32F6N4O4/c1-27(2,31(35,36)37)22(28-8-11-29(12-9-28,13-10-28)23-39-24(45-40-23)30(34)14-15-30)41(26(42)43)21-17-19(7-16-38-21)18-3-5-20(6-4-18)44-25(32)33/h3-7,16-17,22,25H,8-15H2,1-2H3,(H,42,43). The monoisotopic (exact) mass is 638 g/mol. The van der Waals surface area contributed by atoms with E-state index in [2.05, 4.69) is 19.9 Å². The first-order valence-corrected chi connectivity index (χ1v) is 14.7. The Hall–Kier alpha value is -3.84. The van der Waals surface area contributed by atoms with E-state index in [0.717, 1.165) is 18.7 Å².